The van der Waals surface area contributed by atoms with Gasteiger partial charge in [-0.15, -0.1) is 0 Å². The van der Waals surface area contributed by atoms with Gasteiger partial charge in [-0.25, -0.2) is 0 Å². The van der Waals surface area contributed by atoms with E-state index in [1.54, 1.807) is 0 Å². The Labute approximate surface area is 83.2 Å². The van der Waals surface area contributed by atoms with E-state index in [4.69, 9.17) is 4.74 Å². The van der Waals surface area contributed by atoms with Gasteiger partial charge in [0.2, 0.25) is 0 Å². The zero-order valence-electron chi connectivity index (χ0n) is 9.81. The third kappa shape index (κ3) is 9.62. The Balaban J connectivity index is 3.59. The molecule has 0 aliphatic carbocycles. The first kappa shape index (κ1) is 12.7. The quantitative estimate of drug-likeness (QED) is 0.588. The van der Waals surface area contributed by atoms with Crippen molar-refractivity contribution in [1.29, 1.82) is 0 Å². The van der Waals surface area contributed by atoms with Gasteiger partial charge in [-0.05, 0) is 40.5 Å². The number of hydrogen-bond donors (Lipinski definition) is 0. The summed E-state index contributed by atoms with van der Waals surface area (Å²) in [5.74, 6) is 0. The molecule has 1 heteroatoms. The van der Waals surface area contributed by atoms with Gasteiger partial charge in [0.05, 0.1) is 12.2 Å². The Morgan fingerprint density at radius 3 is 2.38 bits per heavy atom. The SMILES string of the molecule is CCCCC(C)=CCOC(C)(C)C. The van der Waals surface area contributed by atoms with Crippen molar-refractivity contribution in [2.45, 2.75) is 59.5 Å². The number of allylic oxidation sites excluding steroid dienone is 1. The molecule has 0 radical (unpaired) electrons. The highest BCUT2D eigenvalue weighted by atomic mass is 16.5. The Hall–Kier alpha value is -0.300. The predicted octanol–water partition coefficient (Wildman–Crippen LogP) is 3.94. The monoisotopic (exact) mass is 184 g/mol. The molecule has 0 fully saturated rings. The molecule has 0 amide bonds. The molecule has 0 N–H and O–H groups in total. The second kappa shape index (κ2) is 6.20. The van der Waals surface area contributed by atoms with Crippen molar-refractivity contribution in [3.8, 4) is 0 Å². The molecule has 0 aromatic carbocycles. The summed E-state index contributed by atoms with van der Waals surface area (Å²) in [4.78, 5) is 0. The minimum atomic E-state index is -0.0124. The normalized spacial score (nSPS) is 13.5. The molecule has 0 aromatic rings. The molecule has 0 heterocycles. The van der Waals surface area contributed by atoms with Crippen LogP contribution in [0.3, 0.4) is 0 Å². The van der Waals surface area contributed by atoms with Crippen molar-refractivity contribution in [1.82, 2.24) is 0 Å². The van der Waals surface area contributed by atoms with Gasteiger partial charge < -0.3 is 4.74 Å². The van der Waals surface area contributed by atoms with Gasteiger partial charge in [0, 0.05) is 0 Å². The van der Waals surface area contributed by atoms with Crippen molar-refractivity contribution in [3.05, 3.63) is 11.6 Å². The fourth-order valence-electron chi connectivity index (χ4n) is 0.992. The van der Waals surface area contributed by atoms with Crippen molar-refractivity contribution >= 4 is 0 Å². The highest BCUT2D eigenvalue weighted by Crippen LogP contribution is 2.09. The molecule has 13 heavy (non-hydrogen) atoms. The van der Waals surface area contributed by atoms with E-state index in [0.717, 1.165) is 6.61 Å². The van der Waals surface area contributed by atoms with Crippen LogP contribution >= 0.6 is 0 Å². The zero-order chi connectivity index (χ0) is 10.3. The minimum absolute atomic E-state index is 0.0124. The number of unbranched alkanes of at least 4 members (excludes halogenated alkanes) is 1. The molecule has 0 spiro atoms. The fourth-order valence-corrected chi connectivity index (χ4v) is 0.992. The van der Waals surface area contributed by atoms with E-state index in [0.29, 0.717) is 0 Å². The summed E-state index contributed by atoms with van der Waals surface area (Å²) in [6.45, 7) is 11.4. The molecule has 0 saturated heterocycles. The number of hydrogen-bond acceptors (Lipinski definition) is 1. The third-order valence-corrected chi connectivity index (χ3v) is 1.87. The van der Waals surface area contributed by atoms with Crippen molar-refractivity contribution in [3.63, 3.8) is 0 Å². The van der Waals surface area contributed by atoms with Gasteiger partial charge in [-0.1, -0.05) is 25.0 Å². The summed E-state index contributed by atoms with van der Waals surface area (Å²) < 4.78 is 5.60. The van der Waals surface area contributed by atoms with Crippen LogP contribution in [0.1, 0.15) is 53.9 Å². The lowest BCUT2D eigenvalue weighted by molar-refractivity contribution is 0.0147. The molecule has 78 valence electrons. The first-order valence-corrected chi connectivity index (χ1v) is 5.25. The lowest BCUT2D eigenvalue weighted by Crippen LogP contribution is -2.19. The lowest BCUT2D eigenvalue weighted by Gasteiger charge is -2.18. The summed E-state index contributed by atoms with van der Waals surface area (Å²) in [5, 5.41) is 0. The third-order valence-electron chi connectivity index (χ3n) is 1.87. The Kier molecular flexibility index (Phi) is 6.06. The van der Waals surface area contributed by atoms with E-state index in [9.17, 15) is 0 Å². The second-order valence-corrected chi connectivity index (χ2v) is 4.58. The first-order chi connectivity index (χ1) is 5.95. The molecular formula is C12H24O. The van der Waals surface area contributed by atoms with Crippen LogP contribution < -0.4 is 0 Å². The molecule has 0 bridgehead atoms. The molecule has 0 rings (SSSR count). The minimum Gasteiger partial charge on any atom is -0.372 e. The average Bonchev–Trinajstić information content (AvgIpc) is 1.98. The van der Waals surface area contributed by atoms with Crippen LogP contribution in [0.5, 0.6) is 0 Å². The van der Waals surface area contributed by atoms with Crippen LogP contribution in [0.4, 0.5) is 0 Å². The van der Waals surface area contributed by atoms with Gasteiger partial charge in [0.15, 0.2) is 0 Å². The van der Waals surface area contributed by atoms with E-state index in [2.05, 4.69) is 40.7 Å². The van der Waals surface area contributed by atoms with E-state index < -0.39 is 0 Å². The van der Waals surface area contributed by atoms with Crippen LogP contribution in [0.2, 0.25) is 0 Å². The summed E-state index contributed by atoms with van der Waals surface area (Å²) in [7, 11) is 0. The maximum absolute atomic E-state index is 5.60. The highest BCUT2D eigenvalue weighted by Gasteiger charge is 2.07. The molecular weight excluding hydrogens is 160 g/mol. The molecule has 0 aliphatic rings. The Morgan fingerprint density at radius 1 is 1.31 bits per heavy atom. The van der Waals surface area contributed by atoms with E-state index in [1.165, 1.54) is 24.8 Å². The second-order valence-electron chi connectivity index (χ2n) is 4.58. The topological polar surface area (TPSA) is 9.23 Å². The van der Waals surface area contributed by atoms with E-state index in [1.807, 2.05) is 0 Å². The van der Waals surface area contributed by atoms with Gasteiger partial charge >= 0.3 is 0 Å². The maximum Gasteiger partial charge on any atom is 0.0657 e. The average molecular weight is 184 g/mol. The predicted molar refractivity (Wildman–Crippen MR) is 59.0 cm³/mol. The molecule has 1 nitrogen and oxygen atoms in total. The first-order valence-electron chi connectivity index (χ1n) is 5.25. The largest absolute Gasteiger partial charge is 0.372 e. The van der Waals surface area contributed by atoms with Crippen molar-refractivity contribution in [2.75, 3.05) is 6.61 Å². The standard InChI is InChI=1S/C12H24O/c1-6-7-8-11(2)9-10-13-12(3,4)5/h9H,6-8,10H2,1-5H3. The summed E-state index contributed by atoms with van der Waals surface area (Å²) in [6.07, 6.45) is 5.97. The van der Waals surface area contributed by atoms with E-state index >= 15 is 0 Å². The van der Waals surface area contributed by atoms with Crippen LogP contribution in [0.25, 0.3) is 0 Å². The summed E-state index contributed by atoms with van der Waals surface area (Å²) >= 11 is 0. The fraction of sp³-hybridized carbons (Fsp3) is 0.833. The van der Waals surface area contributed by atoms with Crippen LogP contribution in [-0.4, -0.2) is 12.2 Å². The van der Waals surface area contributed by atoms with Crippen LogP contribution in [0.15, 0.2) is 11.6 Å². The zero-order valence-corrected chi connectivity index (χ0v) is 9.81. The summed E-state index contributed by atoms with van der Waals surface area (Å²) in [5.41, 5.74) is 1.44. The Bertz CT molecular complexity index is 151. The summed E-state index contributed by atoms with van der Waals surface area (Å²) in [6, 6.07) is 0. The van der Waals surface area contributed by atoms with Gasteiger partial charge in [0.1, 0.15) is 0 Å². The van der Waals surface area contributed by atoms with E-state index in [-0.39, 0.29) is 5.60 Å². The van der Waals surface area contributed by atoms with Gasteiger partial charge in [0.25, 0.3) is 0 Å². The molecule has 0 saturated carbocycles. The maximum atomic E-state index is 5.60. The van der Waals surface area contributed by atoms with Crippen molar-refractivity contribution < 1.29 is 4.74 Å². The Morgan fingerprint density at radius 2 is 1.92 bits per heavy atom. The lowest BCUT2D eigenvalue weighted by atomic mass is 10.1. The molecule has 0 aliphatic heterocycles. The molecule has 0 aromatic heterocycles. The molecule has 0 unspecified atom stereocenters. The number of ether oxygens (including phenoxy) is 1. The highest BCUT2D eigenvalue weighted by molar-refractivity contribution is 4.97. The van der Waals surface area contributed by atoms with Gasteiger partial charge in [-0.2, -0.15) is 0 Å². The van der Waals surface area contributed by atoms with Crippen LogP contribution in [-0.2, 0) is 4.74 Å². The number of rotatable bonds is 5. The molecule has 0 atom stereocenters. The van der Waals surface area contributed by atoms with Gasteiger partial charge in [-0.3, -0.25) is 0 Å². The van der Waals surface area contributed by atoms with Crippen LogP contribution in [0, 0.1) is 0 Å². The smallest absolute Gasteiger partial charge is 0.0657 e. The van der Waals surface area contributed by atoms with Crippen molar-refractivity contribution in [2.24, 2.45) is 0 Å².